The molecule has 0 unspecified atom stereocenters. The Labute approximate surface area is 62.6 Å². The van der Waals surface area contributed by atoms with E-state index in [1.165, 1.54) is 19.3 Å². The zero-order valence-corrected chi connectivity index (χ0v) is 6.64. The number of hydrogen-bond acceptors (Lipinski definition) is 2. The van der Waals surface area contributed by atoms with Crippen LogP contribution in [0.3, 0.4) is 0 Å². The highest BCUT2D eigenvalue weighted by atomic mass is 16.5. The molecular formula is C8H17NO. The Kier molecular flexibility index (Phi) is 3.16. The summed E-state index contributed by atoms with van der Waals surface area (Å²) in [5, 5.41) is 8.60. The lowest BCUT2D eigenvalue weighted by atomic mass is 9.85. The molecule has 0 atom stereocenters. The van der Waals surface area contributed by atoms with Crippen molar-refractivity contribution in [1.82, 2.24) is 5.48 Å². The molecule has 2 nitrogen and oxygen atoms in total. The predicted molar refractivity (Wildman–Crippen MR) is 41.0 cm³/mol. The quantitative estimate of drug-likeness (QED) is 0.579. The Balaban J connectivity index is 2.17. The molecule has 60 valence electrons. The van der Waals surface area contributed by atoms with E-state index in [1.54, 1.807) is 0 Å². The molecule has 0 saturated heterocycles. The van der Waals surface area contributed by atoms with Crippen molar-refractivity contribution in [2.45, 2.75) is 45.1 Å². The van der Waals surface area contributed by atoms with Crippen molar-refractivity contribution < 1.29 is 5.21 Å². The molecule has 2 heteroatoms. The second kappa shape index (κ2) is 3.94. The number of rotatable bonds is 2. The number of hydroxylamine groups is 1. The van der Waals surface area contributed by atoms with E-state index >= 15 is 0 Å². The van der Waals surface area contributed by atoms with Crippen LogP contribution in [0.4, 0.5) is 0 Å². The van der Waals surface area contributed by atoms with Crippen molar-refractivity contribution in [2.75, 3.05) is 0 Å². The minimum absolute atomic E-state index is 0.378. The van der Waals surface area contributed by atoms with Gasteiger partial charge in [-0.3, -0.25) is 0 Å². The van der Waals surface area contributed by atoms with Gasteiger partial charge in [0.2, 0.25) is 0 Å². The SMILES string of the molecule is CCC1CCC(NO)CC1. The zero-order valence-electron chi connectivity index (χ0n) is 6.64. The summed E-state index contributed by atoms with van der Waals surface area (Å²) >= 11 is 0. The monoisotopic (exact) mass is 143 g/mol. The van der Waals surface area contributed by atoms with Gasteiger partial charge in [0, 0.05) is 6.04 Å². The van der Waals surface area contributed by atoms with Crippen LogP contribution in [0.2, 0.25) is 0 Å². The molecule has 0 aliphatic heterocycles. The lowest BCUT2D eigenvalue weighted by Gasteiger charge is -2.26. The summed E-state index contributed by atoms with van der Waals surface area (Å²) in [6, 6.07) is 0.378. The molecule has 0 aromatic heterocycles. The Morgan fingerprint density at radius 2 is 1.90 bits per heavy atom. The summed E-state index contributed by atoms with van der Waals surface area (Å²) in [4.78, 5) is 0. The highest BCUT2D eigenvalue weighted by Gasteiger charge is 2.18. The molecule has 2 N–H and O–H groups in total. The van der Waals surface area contributed by atoms with Crippen LogP contribution in [0.25, 0.3) is 0 Å². The summed E-state index contributed by atoms with van der Waals surface area (Å²) < 4.78 is 0. The minimum Gasteiger partial charge on any atom is -0.317 e. The van der Waals surface area contributed by atoms with Crippen molar-refractivity contribution in [2.24, 2.45) is 5.92 Å². The summed E-state index contributed by atoms with van der Waals surface area (Å²) in [5.74, 6) is 0.921. The lowest BCUT2D eigenvalue weighted by Crippen LogP contribution is -2.30. The number of nitrogens with one attached hydrogen (secondary N) is 1. The van der Waals surface area contributed by atoms with Crippen LogP contribution >= 0.6 is 0 Å². The fourth-order valence-electron chi connectivity index (χ4n) is 1.70. The second-order valence-corrected chi connectivity index (χ2v) is 3.25. The molecule has 0 heterocycles. The van der Waals surface area contributed by atoms with Gasteiger partial charge in [0.1, 0.15) is 0 Å². The van der Waals surface area contributed by atoms with E-state index < -0.39 is 0 Å². The van der Waals surface area contributed by atoms with Gasteiger partial charge in [0.25, 0.3) is 0 Å². The molecule has 1 fully saturated rings. The van der Waals surface area contributed by atoms with E-state index in [1.807, 2.05) is 0 Å². The minimum atomic E-state index is 0.378. The van der Waals surface area contributed by atoms with E-state index in [0.29, 0.717) is 6.04 Å². The van der Waals surface area contributed by atoms with Gasteiger partial charge in [-0.1, -0.05) is 13.3 Å². The first kappa shape index (κ1) is 8.02. The fourth-order valence-corrected chi connectivity index (χ4v) is 1.70. The highest BCUT2D eigenvalue weighted by molar-refractivity contribution is 4.73. The van der Waals surface area contributed by atoms with Crippen LogP contribution in [0.1, 0.15) is 39.0 Å². The first-order chi connectivity index (χ1) is 4.86. The molecule has 10 heavy (non-hydrogen) atoms. The molecule has 0 aromatic carbocycles. The predicted octanol–water partition coefficient (Wildman–Crippen LogP) is 1.93. The molecule has 0 amide bonds. The maximum atomic E-state index is 8.60. The Bertz CT molecular complexity index is 75.3. The van der Waals surface area contributed by atoms with Gasteiger partial charge in [-0.15, -0.1) is 0 Å². The van der Waals surface area contributed by atoms with Gasteiger partial charge in [0.05, 0.1) is 0 Å². The van der Waals surface area contributed by atoms with E-state index in [2.05, 4.69) is 12.4 Å². The molecule has 0 aromatic rings. The van der Waals surface area contributed by atoms with Crippen molar-refractivity contribution in [3.05, 3.63) is 0 Å². The third-order valence-corrected chi connectivity index (χ3v) is 2.61. The van der Waals surface area contributed by atoms with Crippen molar-refractivity contribution >= 4 is 0 Å². The van der Waals surface area contributed by atoms with Gasteiger partial charge in [-0.05, 0) is 31.6 Å². The largest absolute Gasteiger partial charge is 0.317 e. The molecular weight excluding hydrogens is 126 g/mol. The smallest absolute Gasteiger partial charge is 0.0319 e. The lowest BCUT2D eigenvalue weighted by molar-refractivity contribution is 0.0965. The molecule has 0 bridgehead atoms. The van der Waals surface area contributed by atoms with E-state index in [-0.39, 0.29) is 0 Å². The van der Waals surface area contributed by atoms with Crippen LogP contribution in [-0.4, -0.2) is 11.2 Å². The first-order valence-electron chi connectivity index (χ1n) is 4.26. The van der Waals surface area contributed by atoms with E-state index in [0.717, 1.165) is 18.8 Å². The molecule has 0 radical (unpaired) electrons. The maximum absolute atomic E-state index is 8.60. The third-order valence-electron chi connectivity index (χ3n) is 2.61. The Morgan fingerprint density at radius 1 is 1.30 bits per heavy atom. The third kappa shape index (κ3) is 1.96. The van der Waals surface area contributed by atoms with E-state index in [9.17, 15) is 0 Å². The van der Waals surface area contributed by atoms with Crippen molar-refractivity contribution in [3.8, 4) is 0 Å². The molecule has 1 aliphatic rings. The summed E-state index contributed by atoms with van der Waals surface area (Å²) in [5.41, 5.74) is 2.35. The topological polar surface area (TPSA) is 32.3 Å². The Morgan fingerprint density at radius 3 is 2.30 bits per heavy atom. The van der Waals surface area contributed by atoms with Gasteiger partial charge in [-0.2, -0.15) is 0 Å². The normalized spacial score (nSPS) is 34.2. The average Bonchev–Trinajstić information content (AvgIpc) is 2.05. The van der Waals surface area contributed by atoms with Crippen molar-refractivity contribution in [1.29, 1.82) is 0 Å². The van der Waals surface area contributed by atoms with Crippen molar-refractivity contribution in [3.63, 3.8) is 0 Å². The first-order valence-corrected chi connectivity index (χ1v) is 4.26. The van der Waals surface area contributed by atoms with Crippen LogP contribution in [0, 0.1) is 5.92 Å². The average molecular weight is 143 g/mol. The van der Waals surface area contributed by atoms with E-state index in [4.69, 9.17) is 5.21 Å². The summed E-state index contributed by atoms with van der Waals surface area (Å²) in [6.07, 6.45) is 6.17. The van der Waals surface area contributed by atoms with Gasteiger partial charge in [-0.25, -0.2) is 5.48 Å². The maximum Gasteiger partial charge on any atom is 0.0319 e. The van der Waals surface area contributed by atoms with Crippen LogP contribution in [0.5, 0.6) is 0 Å². The van der Waals surface area contributed by atoms with Gasteiger partial charge in [0.15, 0.2) is 0 Å². The Hall–Kier alpha value is -0.0800. The van der Waals surface area contributed by atoms with Gasteiger partial charge >= 0.3 is 0 Å². The standard InChI is InChI=1S/C8H17NO/c1-2-7-3-5-8(9-10)6-4-7/h7-10H,2-6H2,1H3. The second-order valence-electron chi connectivity index (χ2n) is 3.25. The molecule has 1 aliphatic carbocycles. The highest BCUT2D eigenvalue weighted by Crippen LogP contribution is 2.25. The molecule has 1 rings (SSSR count). The number of hydrogen-bond donors (Lipinski definition) is 2. The summed E-state index contributed by atoms with van der Waals surface area (Å²) in [7, 11) is 0. The zero-order chi connectivity index (χ0) is 7.40. The van der Waals surface area contributed by atoms with Crippen LogP contribution < -0.4 is 5.48 Å². The summed E-state index contributed by atoms with van der Waals surface area (Å²) in [6.45, 7) is 2.25. The molecule has 0 spiro atoms. The van der Waals surface area contributed by atoms with Gasteiger partial charge < -0.3 is 5.21 Å². The van der Waals surface area contributed by atoms with Crippen LogP contribution in [0.15, 0.2) is 0 Å². The fraction of sp³-hybridized carbons (Fsp3) is 1.00. The van der Waals surface area contributed by atoms with Crippen LogP contribution in [-0.2, 0) is 0 Å². The molecule has 1 saturated carbocycles.